The lowest BCUT2D eigenvalue weighted by atomic mass is 9.74. The van der Waals surface area contributed by atoms with Crippen LogP contribution in [-0.2, 0) is 19.1 Å². The fourth-order valence-corrected chi connectivity index (χ4v) is 4.09. The molecule has 0 spiro atoms. The van der Waals surface area contributed by atoms with Crippen LogP contribution < -0.4 is 5.32 Å². The van der Waals surface area contributed by atoms with Gasteiger partial charge in [0.2, 0.25) is 11.8 Å². The summed E-state index contributed by atoms with van der Waals surface area (Å²) in [7, 11) is 0. The first-order valence-electron chi connectivity index (χ1n) is 9.24. The first-order chi connectivity index (χ1) is 12.8. The monoisotopic (exact) mass is 374 g/mol. The van der Waals surface area contributed by atoms with Crippen LogP contribution in [0.1, 0.15) is 36.9 Å². The number of benzene rings is 1. The molecule has 0 aliphatic carbocycles. The van der Waals surface area contributed by atoms with Crippen LogP contribution in [0.3, 0.4) is 0 Å². The van der Waals surface area contributed by atoms with Gasteiger partial charge in [-0.1, -0.05) is 29.8 Å². The van der Waals surface area contributed by atoms with Crippen LogP contribution in [0.4, 0.5) is 0 Å². The minimum absolute atomic E-state index is 0.103. The first-order valence-corrected chi connectivity index (χ1v) is 9.24. The Kier molecular flexibility index (Phi) is 5.51. The summed E-state index contributed by atoms with van der Waals surface area (Å²) >= 11 is 0. The van der Waals surface area contributed by atoms with Crippen molar-refractivity contribution in [1.29, 1.82) is 0 Å². The third-order valence-corrected chi connectivity index (χ3v) is 5.72. The second-order valence-corrected chi connectivity index (χ2v) is 7.63. The molecule has 0 bridgehead atoms. The van der Waals surface area contributed by atoms with E-state index in [0.29, 0.717) is 26.2 Å². The lowest BCUT2D eigenvalue weighted by Gasteiger charge is -2.33. The molecule has 2 N–H and O–H groups in total. The fourth-order valence-electron chi connectivity index (χ4n) is 4.09. The van der Waals surface area contributed by atoms with Crippen LogP contribution in [0.15, 0.2) is 24.3 Å². The van der Waals surface area contributed by atoms with Gasteiger partial charge in [0.15, 0.2) is 0 Å². The van der Waals surface area contributed by atoms with Gasteiger partial charge >= 0.3 is 5.97 Å². The molecule has 3 atom stereocenters. The molecular formula is C20H26N2O5. The molecule has 1 unspecified atom stereocenters. The quantitative estimate of drug-likeness (QED) is 0.815. The Hall–Kier alpha value is -2.41. The van der Waals surface area contributed by atoms with E-state index in [1.807, 2.05) is 31.2 Å². The van der Waals surface area contributed by atoms with E-state index in [2.05, 4.69) is 5.32 Å². The summed E-state index contributed by atoms with van der Waals surface area (Å²) < 4.78 is 5.44. The van der Waals surface area contributed by atoms with Crippen LogP contribution in [-0.4, -0.2) is 54.1 Å². The molecule has 2 amide bonds. The molecule has 2 heterocycles. The van der Waals surface area contributed by atoms with E-state index in [1.165, 1.54) is 6.92 Å². The maximum absolute atomic E-state index is 12.9. The van der Waals surface area contributed by atoms with Crippen LogP contribution in [0, 0.1) is 18.3 Å². The summed E-state index contributed by atoms with van der Waals surface area (Å²) in [6, 6.07) is 7.25. The van der Waals surface area contributed by atoms with E-state index in [-0.39, 0.29) is 30.7 Å². The van der Waals surface area contributed by atoms with E-state index >= 15 is 0 Å². The number of carboxylic acid groups (broad SMARTS) is 1. The number of hydrogen-bond donors (Lipinski definition) is 2. The standard InChI is InChI=1S/C20H26N2O5/c1-13-3-5-15(6-4-13)17(21-14(2)23)9-18(24)22-10-16-11-27-8-7-20(16,12-22)19(25)26/h3-6,16-17H,7-12H2,1-2H3,(H,21,23)(H,25,26)/t16-,17?,20+/m0/s1. The summed E-state index contributed by atoms with van der Waals surface area (Å²) in [5.74, 6) is -1.41. The summed E-state index contributed by atoms with van der Waals surface area (Å²) in [4.78, 5) is 38.1. The van der Waals surface area contributed by atoms with Gasteiger partial charge in [-0.15, -0.1) is 0 Å². The Morgan fingerprint density at radius 2 is 2.04 bits per heavy atom. The molecule has 3 rings (SSSR count). The number of aliphatic carboxylic acids is 1. The molecule has 146 valence electrons. The van der Waals surface area contributed by atoms with Crippen LogP contribution >= 0.6 is 0 Å². The molecule has 1 aromatic rings. The van der Waals surface area contributed by atoms with Crippen molar-refractivity contribution in [1.82, 2.24) is 10.2 Å². The largest absolute Gasteiger partial charge is 0.481 e. The number of ether oxygens (including phenoxy) is 1. The molecule has 0 saturated carbocycles. The van der Waals surface area contributed by atoms with Crippen molar-refractivity contribution < 1.29 is 24.2 Å². The smallest absolute Gasteiger partial charge is 0.311 e. The average molecular weight is 374 g/mol. The Labute approximate surface area is 158 Å². The molecule has 2 saturated heterocycles. The summed E-state index contributed by atoms with van der Waals surface area (Å²) in [6.45, 7) is 4.75. The van der Waals surface area contributed by atoms with Crippen molar-refractivity contribution in [3.8, 4) is 0 Å². The fraction of sp³-hybridized carbons (Fsp3) is 0.550. The number of rotatable bonds is 5. The highest BCUT2D eigenvalue weighted by Gasteiger charge is 2.54. The predicted octanol–water partition coefficient (Wildman–Crippen LogP) is 1.51. The second kappa shape index (κ2) is 7.68. The van der Waals surface area contributed by atoms with Gasteiger partial charge in [0.05, 0.1) is 24.5 Å². The van der Waals surface area contributed by atoms with Crippen molar-refractivity contribution >= 4 is 17.8 Å². The highest BCUT2D eigenvalue weighted by atomic mass is 16.5. The number of hydrogen-bond acceptors (Lipinski definition) is 4. The molecule has 27 heavy (non-hydrogen) atoms. The van der Waals surface area contributed by atoms with Gasteiger partial charge < -0.3 is 20.1 Å². The number of carbonyl (C=O) groups excluding carboxylic acids is 2. The molecule has 2 aliphatic heterocycles. The predicted molar refractivity (Wildman–Crippen MR) is 97.9 cm³/mol. The molecule has 2 aliphatic rings. The topological polar surface area (TPSA) is 95.9 Å². The average Bonchev–Trinajstić information content (AvgIpc) is 3.03. The highest BCUT2D eigenvalue weighted by Crippen LogP contribution is 2.42. The van der Waals surface area contributed by atoms with Crippen molar-refractivity contribution in [3.05, 3.63) is 35.4 Å². The number of fused-ring (bicyclic) bond motifs is 1. The third-order valence-electron chi connectivity index (χ3n) is 5.72. The highest BCUT2D eigenvalue weighted by molar-refractivity contribution is 5.82. The molecule has 0 aromatic heterocycles. The lowest BCUT2D eigenvalue weighted by molar-refractivity contribution is -0.157. The van der Waals surface area contributed by atoms with E-state index in [0.717, 1.165) is 11.1 Å². The number of nitrogens with zero attached hydrogens (tertiary/aromatic N) is 1. The summed E-state index contributed by atoms with van der Waals surface area (Å²) in [5, 5.41) is 12.6. The number of amides is 2. The third kappa shape index (κ3) is 3.98. The number of carbonyl (C=O) groups is 3. The normalized spacial score (nSPS) is 25.6. The van der Waals surface area contributed by atoms with Gasteiger partial charge in [0, 0.05) is 32.5 Å². The van der Waals surface area contributed by atoms with Crippen molar-refractivity contribution in [3.63, 3.8) is 0 Å². The Bertz CT molecular complexity index is 732. The van der Waals surface area contributed by atoms with Crippen molar-refractivity contribution in [2.45, 2.75) is 32.7 Å². The minimum atomic E-state index is -0.915. The Morgan fingerprint density at radius 3 is 2.63 bits per heavy atom. The summed E-state index contributed by atoms with van der Waals surface area (Å²) in [5.41, 5.74) is 1.04. The lowest BCUT2D eigenvalue weighted by Crippen LogP contribution is -2.45. The number of carboxylic acids is 1. The van der Waals surface area contributed by atoms with Crippen molar-refractivity contribution in [2.75, 3.05) is 26.3 Å². The minimum Gasteiger partial charge on any atom is -0.481 e. The molecule has 0 radical (unpaired) electrons. The maximum atomic E-state index is 12.9. The zero-order chi connectivity index (χ0) is 19.6. The van der Waals surface area contributed by atoms with Crippen LogP contribution in [0.2, 0.25) is 0 Å². The Morgan fingerprint density at radius 1 is 1.33 bits per heavy atom. The van der Waals surface area contributed by atoms with Gasteiger partial charge in [0.25, 0.3) is 0 Å². The van der Waals surface area contributed by atoms with Gasteiger partial charge in [0.1, 0.15) is 0 Å². The maximum Gasteiger partial charge on any atom is 0.311 e. The SMILES string of the molecule is CC(=O)NC(CC(=O)N1C[C@H]2COCC[C@@]2(C(=O)O)C1)c1ccc(C)cc1. The molecule has 7 heteroatoms. The first kappa shape index (κ1) is 19.4. The molecule has 2 fully saturated rings. The zero-order valence-corrected chi connectivity index (χ0v) is 15.7. The number of likely N-dealkylation sites (tertiary alicyclic amines) is 1. The number of aryl methyl sites for hydroxylation is 1. The van der Waals surface area contributed by atoms with E-state index in [1.54, 1.807) is 4.90 Å². The van der Waals surface area contributed by atoms with E-state index in [4.69, 9.17) is 4.74 Å². The van der Waals surface area contributed by atoms with Gasteiger partial charge in [-0.3, -0.25) is 14.4 Å². The van der Waals surface area contributed by atoms with Crippen LogP contribution in [0.25, 0.3) is 0 Å². The van der Waals surface area contributed by atoms with E-state index in [9.17, 15) is 19.5 Å². The second-order valence-electron chi connectivity index (χ2n) is 7.63. The van der Waals surface area contributed by atoms with Gasteiger partial charge in [-0.05, 0) is 18.9 Å². The van der Waals surface area contributed by atoms with E-state index < -0.39 is 17.4 Å². The van der Waals surface area contributed by atoms with Crippen LogP contribution in [0.5, 0.6) is 0 Å². The summed E-state index contributed by atoms with van der Waals surface area (Å²) in [6.07, 6.45) is 0.524. The molecular weight excluding hydrogens is 348 g/mol. The Balaban J connectivity index is 1.75. The molecule has 7 nitrogen and oxygen atoms in total. The van der Waals surface area contributed by atoms with Crippen molar-refractivity contribution in [2.24, 2.45) is 11.3 Å². The number of nitrogens with one attached hydrogen (secondary N) is 1. The van der Waals surface area contributed by atoms with Gasteiger partial charge in [-0.2, -0.15) is 0 Å². The molecule has 1 aromatic carbocycles. The zero-order valence-electron chi connectivity index (χ0n) is 15.7. The van der Waals surface area contributed by atoms with Gasteiger partial charge in [-0.25, -0.2) is 0 Å².